The number of hydrogen-bond acceptors (Lipinski definition) is 4. The molecule has 1 aliphatic rings. The summed E-state index contributed by atoms with van der Waals surface area (Å²) in [5.74, 6) is 0.332. The quantitative estimate of drug-likeness (QED) is 0.875. The van der Waals surface area contributed by atoms with Gasteiger partial charge in [0.25, 0.3) is 5.56 Å². The van der Waals surface area contributed by atoms with E-state index >= 15 is 0 Å². The fraction of sp³-hybridized carbons (Fsp3) is 0.412. The van der Waals surface area contributed by atoms with E-state index in [0.29, 0.717) is 30.7 Å². The van der Waals surface area contributed by atoms with E-state index < -0.39 is 23.9 Å². The molecular formula is C17H17F3N2O4. The number of piperidine rings is 1. The third-order valence-corrected chi connectivity index (χ3v) is 4.58. The van der Waals surface area contributed by atoms with Crippen molar-refractivity contribution in [3.63, 3.8) is 0 Å². The lowest BCUT2D eigenvalue weighted by molar-refractivity contribution is -0.137. The Morgan fingerprint density at radius 3 is 2.54 bits per heavy atom. The normalized spacial score (nSPS) is 20.8. The van der Waals surface area contributed by atoms with Crippen LogP contribution in [0.2, 0.25) is 0 Å². The summed E-state index contributed by atoms with van der Waals surface area (Å²) >= 11 is 0. The molecule has 2 atom stereocenters. The second-order valence-electron chi connectivity index (χ2n) is 6.14. The number of benzene rings is 1. The number of carbonyl (C=O) groups is 1. The van der Waals surface area contributed by atoms with E-state index in [1.165, 1.54) is 30.2 Å². The molecule has 1 N–H and O–H groups in total. The van der Waals surface area contributed by atoms with Crippen LogP contribution in [0.1, 0.15) is 41.7 Å². The van der Waals surface area contributed by atoms with Crippen molar-refractivity contribution < 1.29 is 27.2 Å². The molecule has 140 valence electrons. The molecule has 1 aromatic carbocycles. The minimum Gasteiger partial charge on any atom is -0.453 e. The molecule has 0 spiro atoms. The molecule has 9 heteroatoms. The van der Waals surface area contributed by atoms with E-state index in [-0.39, 0.29) is 11.5 Å². The van der Waals surface area contributed by atoms with Crippen LogP contribution in [0.5, 0.6) is 0 Å². The molecule has 3 rings (SSSR count). The molecule has 0 saturated carbocycles. The molecule has 1 aliphatic heterocycles. The van der Waals surface area contributed by atoms with Gasteiger partial charge in [-0.2, -0.15) is 18.3 Å². The molecular weight excluding hydrogens is 353 g/mol. The molecule has 26 heavy (non-hydrogen) atoms. The third kappa shape index (κ3) is 3.61. The number of alkyl halides is 3. The Bertz CT molecular complexity index is 826. The summed E-state index contributed by atoms with van der Waals surface area (Å²) in [6.07, 6.45) is -4.03. The number of halogens is 3. The summed E-state index contributed by atoms with van der Waals surface area (Å²) in [6, 6.07) is 5.57. The van der Waals surface area contributed by atoms with Crippen LogP contribution in [0.3, 0.4) is 0 Å². The molecule has 0 radical (unpaired) electrons. The van der Waals surface area contributed by atoms with Gasteiger partial charge in [0.2, 0.25) is 0 Å². The highest BCUT2D eigenvalue weighted by molar-refractivity contribution is 5.68. The summed E-state index contributed by atoms with van der Waals surface area (Å²) in [5.41, 5.74) is -0.553. The van der Waals surface area contributed by atoms with Crippen LogP contribution in [0.25, 0.3) is 0 Å². The van der Waals surface area contributed by atoms with E-state index in [2.05, 4.69) is 5.16 Å². The van der Waals surface area contributed by atoms with Crippen molar-refractivity contribution in [2.45, 2.75) is 31.0 Å². The molecule has 1 amide bonds. The van der Waals surface area contributed by atoms with Gasteiger partial charge in [-0.25, -0.2) is 4.79 Å². The number of amides is 1. The maximum absolute atomic E-state index is 12.8. The first kappa shape index (κ1) is 18.1. The molecule has 6 nitrogen and oxygen atoms in total. The van der Waals surface area contributed by atoms with Crippen LogP contribution in [-0.2, 0) is 10.9 Å². The van der Waals surface area contributed by atoms with Crippen LogP contribution >= 0.6 is 0 Å². The van der Waals surface area contributed by atoms with E-state index in [1.807, 2.05) is 0 Å². The zero-order valence-electron chi connectivity index (χ0n) is 13.9. The predicted molar refractivity (Wildman–Crippen MR) is 84.6 cm³/mol. The number of ether oxygens (including phenoxy) is 1. The molecule has 2 heterocycles. The fourth-order valence-corrected chi connectivity index (χ4v) is 3.27. The number of methoxy groups -OCH3 is 1. The Morgan fingerprint density at radius 1 is 1.31 bits per heavy atom. The topological polar surface area (TPSA) is 75.5 Å². The summed E-state index contributed by atoms with van der Waals surface area (Å²) < 4.78 is 48.3. The number of likely N-dealkylation sites (tertiary alicyclic amines) is 1. The second kappa shape index (κ2) is 6.89. The van der Waals surface area contributed by atoms with Crippen LogP contribution in [0.15, 0.2) is 39.6 Å². The maximum atomic E-state index is 12.8. The standard InChI is InChI=1S/C17H17F3N2O4/c1-25-16(24)22-7-6-11(14-9-15(23)21-26-14)8-13(22)10-2-4-12(5-3-10)17(18,19)20/h2-5,9,11,13H,6-8H2,1H3,(H,21,23)/t11-,13-/m1/s1. The molecule has 1 fully saturated rings. The molecule has 0 unspecified atom stereocenters. The average Bonchev–Trinajstić information content (AvgIpc) is 3.06. The lowest BCUT2D eigenvalue weighted by atomic mass is 9.85. The Balaban J connectivity index is 1.89. The largest absolute Gasteiger partial charge is 0.453 e. The van der Waals surface area contributed by atoms with Gasteiger partial charge < -0.3 is 14.2 Å². The highest BCUT2D eigenvalue weighted by atomic mass is 19.4. The summed E-state index contributed by atoms with van der Waals surface area (Å²) in [7, 11) is 1.25. The fourth-order valence-electron chi connectivity index (χ4n) is 3.27. The van der Waals surface area contributed by atoms with Crippen molar-refractivity contribution in [2.75, 3.05) is 13.7 Å². The molecule has 0 aliphatic carbocycles. The van der Waals surface area contributed by atoms with Crippen LogP contribution < -0.4 is 5.56 Å². The van der Waals surface area contributed by atoms with Crippen LogP contribution in [-0.4, -0.2) is 29.8 Å². The smallest absolute Gasteiger partial charge is 0.416 e. The van der Waals surface area contributed by atoms with Crippen LogP contribution in [0.4, 0.5) is 18.0 Å². The van der Waals surface area contributed by atoms with Gasteiger partial charge in [0, 0.05) is 18.5 Å². The highest BCUT2D eigenvalue weighted by Gasteiger charge is 2.36. The van der Waals surface area contributed by atoms with Gasteiger partial charge in [0.05, 0.1) is 18.7 Å². The van der Waals surface area contributed by atoms with E-state index in [0.717, 1.165) is 12.1 Å². The minimum atomic E-state index is -4.43. The summed E-state index contributed by atoms with van der Waals surface area (Å²) in [4.78, 5) is 24.8. The van der Waals surface area contributed by atoms with Gasteiger partial charge in [0.1, 0.15) is 5.76 Å². The van der Waals surface area contributed by atoms with Crippen molar-refractivity contribution in [2.24, 2.45) is 0 Å². The van der Waals surface area contributed by atoms with E-state index in [9.17, 15) is 22.8 Å². The Kier molecular flexibility index (Phi) is 4.80. The maximum Gasteiger partial charge on any atom is 0.416 e. The molecule has 1 aromatic heterocycles. The first-order valence-corrected chi connectivity index (χ1v) is 7.99. The van der Waals surface area contributed by atoms with E-state index in [1.54, 1.807) is 0 Å². The van der Waals surface area contributed by atoms with Gasteiger partial charge >= 0.3 is 12.3 Å². The second-order valence-corrected chi connectivity index (χ2v) is 6.14. The van der Waals surface area contributed by atoms with Gasteiger partial charge in [0.15, 0.2) is 0 Å². The van der Waals surface area contributed by atoms with Crippen molar-refractivity contribution in [3.05, 3.63) is 57.6 Å². The number of hydrogen-bond donors (Lipinski definition) is 1. The Morgan fingerprint density at radius 2 is 2.00 bits per heavy atom. The van der Waals surface area contributed by atoms with Crippen LogP contribution in [0, 0.1) is 0 Å². The van der Waals surface area contributed by atoms with Gasteiger partial charge in [-0.1, -0.05) is 12.1 Å². The predicted octanol–water partition coefficient (Wildman–Crippen LogP) is 3.67. The number of H-pyrrole nitrogens is 1. The number of aromatic amines is 1. The van der Waals surface area contributed by atoms with E-state index in [4.69, 9.17) is 9.26 Å². The number of nitrogens with zero attached hydrogens (tertiary/aromatic N) is 1. The zero-order chi connectivity index (χ0) is 18.9. The number of nitrogens with one attached hydrogen (secondary N) is 1. The Labute approximate surface area is 146 Å². The minimum absolute atomic E-state index is 0.137. The van der Waals surface area contributed by atoms with Crippen molar-refractivity contribution in [1.29, 1.82) is 0 Å². The molecule has 1 saturated heterocycles. The number of carbonyl (C=O) groups excluding carboxylic acids is 1. The van der Waals surface area contributed by atoms with Crippen molar-refractivity contribution in [1.82, 2.24) is 10.1 Å². The van der Waals surface area contributed by atoms with Gasteiger partial charge in [-0.15, -0.1) is 0 Å². The lowest BCUT2D eigenvalue weighted by Crippen LogP contribution is -2.40. The Hall–Kier alpha value is -2.71. The first-order chi connectivity index (χ1) is 12.3. The SMILES string of the molecule is COC(=O)N1CC[C@@H](c2cc(=O)[nH]o2)C[C@@H]1c1ccc(C(F)(F)F)cc1. The first-order valence-electron chi connectivity index (χ1n) is 7.99. The summed E-state index contributed by atoms with van der Waals surface area (Å²) in [6.45, 7) is 0.331. The lowest BCUT2D eigenvalue weighted by Gasteiger charge is -2.38. The average molecular weight is 370 g/mol. The monoisotopic (exact) mass is 370 g/mol. The molecule has 2 aromatic rings. The van der Waals surface area contributed by atoms with Gasteiger partial charge in [-0.3, -0.25) is 4.79 Å². The van der Waals surface area contributed by atoms with Crippen molar-refractivity contribution in [3.8, 4) is 0 Å². The van der Waals surface area contributed by atoms with Gasteiger partial charge in [-0.05, 0) is 30.5 Å². The van der Waals surface area contributed by atoms with Crippen molar-refractivity contribution >= 4 is 6.09 Å². The zero-order valence-corrected chi connectivity index (χ0v) is 13.9. The molecule has 0 bridgehead atoms. The summed E-state index contributed by atoms with van der Waals surface area (Å²) in [5, 5.41) is 2.23. The number of rotatable bonds is 2. The number of aromatic nitrogens is 1. The highest BCUT2D eigenvalue weighted by Crippen LogP contribution is 2.40. The third-order valence-electron chi connectivity index (χ3n) is 4.58.